The topological polar surface area (TPSA) is 91.0 Å². The van der Waals surface area contributed by atoms with Crippen LogP contribution in [0, 0.1) is 10.8 Å². The van der Waals surface area contributed by atoms with E-state index in [1.54, 1.807) is 0 Å². The smallest absolute Gasteiger partial charge is 0.315 e. The monoisotopic (exact) mass is 198 g/mol. The predicted octanol–water partition coefficient (Wildman–Crippen LogP) is 0.410. The highest BCUT2D eigenvalue weighted by molar-refractivity contribution is 5.84. The molecular weight excluding hydrogens is 180 g/mol. The fourth-order valence-corrected chi connectivity index (χ4v) is 0.861. The van der Waals surface area contributed by atoms with E-state index < -0.39 is 5.41 Å². The molecule has 0 unspecified atom stereocenters. The summed E-state index contributed by atoms with van der Waals surface area (Å²) in [6, 6.07) is 0.192. The molecule has 0 bridgehead atoms. The highest BCUT2D eigenvalue weighted by atomic mass is 16.2. The van der Waals surface area contributed by atoms with Gasteiger partial charge in [-0.25, -0.2) is 4.79 Å². The van der Waals surface area contributed by atoms with Crippen molar-refractivity contribution in [1.82, 2.24) is 10.6 Å². The van der Waals surface area contributed by atoms with E-state index in [2.05, 4.69) is 10.6 Å². The maximum atomic E-state index is 11.2. The molecule has 0 radical (unpaired) electrons. The molecule has 1 fully saturated rings. The molecular formula is C9H18N4O. The van der Waals surface area contributed by atoms with Gasteiger partial charge in [-0.1, -0.05) is 13.8 Å². The minimum absolute atomic E-state index is 0.0872. The standard InChI is InChI=1S/C9H18N4O/c1-9(2,7(10)11)5-12-8(14)13-6-3-4-6/h6H,3-5H2,1-2H3,(H3,10,11)(H2,12,13,14). The maximum Gasteiger partial charge on any atom is 0.315 e. The van der Waals surface area contributed by atoms with Crippen LogP contribution in [0.25, 0.3) is 0 Å². The van der Waals surface area contributed by atoms with Crippen molar-refractivity contribution in [2.24, 2.45) is 11.1 Å². The fourth-order valence-electron chi connectivity index (χ4n) is 0.861. The zero-order chi connectivity index (χ0) is 10.8. The number of nitrogens with two attached hydrogens (primary N) is 1. The molecule has 0 aromatic rings. The average molecular weight is 198 g/mol. The Balaban J connectivity index is 2.24. The summed E-state index contributed by atoms with van der Waals surface area (Å²) in [6.45, 7) is 4.04. The zero-order valence-corrected chi connectivity index (χ0v) is 8.68. The van der Waals surface area contributed by atoms with Gasteiger partial charge in [-0.15, -0.1) is 0 Å². The van der Waals surface area contributed by atoms with Crippen molar-refractivity contribution >= 4 is 11.9 Å². The Morgan fingerprint density at radius 1 is 1.57 bits per heavy atom. The second-order valence-electron chi connectivity index (χ2n) is 4.40. The first-order valence-electron chi connectivity index (χ1n) is 4.81. The van der Waals surface area contributed by atoms with Gasteiger partial charge in [-0.2, -0.15) is 0 Å². The number of hydrogen-bond donors (Lipinski definition) is 4. The lowest BCUT2D eigenvalue weighted by Gasteiger charge is -2.23. The molecule has 0 atom stereocenters. The normalized spacial score (nSPS) is 16.1. The van der Waals surface area contributed by atoms with E-state index in [0.29, 0.717) is 12.6 Å². The molecule has 80 valence electrons. The molecule has 2 amide bonds. The van der Waals surface area contributed by atoms with Crippen molar-refractivity contribution in [1.29, 1.82) is 5.41 Å². The Morgan fingerprint density at radius 3 is 2.57 bits per heavy atom. The first-order valence-corrected chi connectivity index (χ1v) is 4.81. The molecule has 0 saturated heterocycles. The van der Waals surface area contributed by atoms with Crippen molar-refractivity contribution < 1.29 is 4.79 Å². The minimum Gasteiger partial charge on any atom is -0.387 e. The van der Waals surface area contributed by atoms with Crippen LogP contribution in [0.15, 0.2) is 0 Å². The lowest BCUT2D eigenvalue weighted by molar-refractivity contribution is 0.237. The molecule has 0 spiro atoms. The van der Waals surface area contributed by atoms with Crippen LogP contribution < -0.4 is 16.4 Å². The molecule has 1 rings (SSSR count). The number of nitrogens with one attached hydrogen (secondary N) is 3. The summed E-state index contributed by atoms with van der Waals surface area (Å²) in [4.78, 5) is 11.2. The van der Waals surface area contributed by atoms with Crippen LogP contribution in [-0.4, -0.2) is 24.5 Å². The van der Waals surface area contributed by atoms with E-state index in [0.717, 1.165) is 12.8 Å². The first-order chi connectivity index (χ1) is 6.42. The predicted molar refractivity (Wildman–Crippen MR) is 55.3 cm³/mol. The van der Waals surface area contributed by atoms with Crippen LogP contribution >= 0.6 is 0 Å². The highest BCUT2D eigenvalue weighted by Crippen LogP contribution is 2.18. The summed E-state index contributed by atoms with van der Waals surface area (Å²) in [5.74, 6) is 0.0872. The van der Waals surface area contributed by atoms with Crippen LogP contribution in [0.5, 0.6) is 0 Å². The van der Waals surface area contributed by atoms with Crippen LogP contribution in [0.4, 0.5) is 4.79 Å². The van der Waals surface area contributed by atoms with E-state index in [1.807, 2.05) is 13.8 Å². The van der Waals surface area contributed by atoms with Gasteiger partial charge in [0.2, 0.25) is 0 Å². The average Bonchev–Trinajstić information content (AvgIpc) is 2.85. The summed E-state index contributed by atoms with van der Waals surface area (Å²) in [5.41, 5.74) is 4.91. The number of rotatable bonds is 4. The van der Waals surface area contributed by atoms with E-state index >= 15 is 0 Å². The van der Waals surface area contributed by atoms with Gasteiger partial charge in [0, 0.05) is 18.0 Å². The summed E-state index contributed by atoms with van der Waals surface area (Å²) in [5, 5.41) is 12.8. The summed E-state index contributed by atoms with van der Waals surface area (Å²) >= 11 is 0. The van der Waals surface area contributed by atoms with E-state index in [9.17, 15) is 4.79 Å². The second kappa shape index (κ2) is 3.86. The molecule has 0 aromatic carbocycles. The largest absolute Gasteiger partial charge is 0.387 e. The molecule has 14 heavy (non-hydrogen) atoms. The van der Waals surface area contributed by atoms with Crippen molar-refractivity contribution in [3.05, 3.63) is 0 Å². The van der Waals surface area contributed by atoms with Crippen molar-refractivity contribution in [3.8, 4) is 0 Å². The molecule has 5 nitrogen and oxygen atoms in total. The van der Waals surface area contributed by atoms with Gasteiger partial charge >= 0.3 is 6.03 Å². The van der Waals surface area contributed by atoms with Crippen molar-refractivity contribution in [2.75, 3.05) is 6.54 Å². The van der Waals surface area contributed by atoms with E-state index in [4.69, 9.17) is 11.1 Å². The third-order valence-electron chi connectivity index (χ3n) is 2.33. The lowest BCUT2D eigenvalue weighted by Crippen LogP contribution is -2.45. The minimum atomic E-state index is -0.471. The van der Waals surface area contributed by atoms with Gasteiger partial charge in [0.05, 0.1) is 5.84 Å². The Morgan fingerprint density at radius 2 is 2.14 bits per heavy atom. The number of amidine groups is 1. The maximum absolute atomic E-state index is 11.2. The van der Waals surface area contributed by atoms with Gasteiger partial charge in [0.25, 0.3) is 0 Å². The molecule has 5 heteroatoms. The summed E-state index contributed by atoms with van der Waals surface area (Å²) in [7, 11) is 0. The van der Waals surface area contributed by atoms with Gasteiger partial charge < -0.3 is 16.4 Å². The van der Waals surface area contributed by atoms with E-state index in [1.165, 1.54) is 0 Å². The van der Waals surface area contributed by atoms with Crippen LogP contribution in [-0.2, 0) is 0 Å². The number of urea groups is 1. The van der Waals surface area contributed by atoms with Gasteiger partial charge in [-0.3, -0.25) is 5.41 Å². The van der Waals surface area contributed by atoms with Gasteiger partial charge in [-0.05, 0) is 12.8 Å². The molecule has 1 aliphatic rings. The summed E-state index contributed by atoms with van der Waals surface area (Å²) in [6.07, 6.45) is 2.15. The third kappa shape index (κ3) is 3.24. The number of amides is 2. The highest BCUT2D eigenvalue weighted by Gasteiger charge is 2.25. The Hall–Kier alpha value is -1.26. The zero-order valence-electron chi connectivity index (χ0n) is 8.68. The summed E-state index contributed by atoms with van der Waals surface area (Å²) < 4.78 is 0. The number of carbonyl (C=O) groups excluding carboxylic acids is 1. The molecule has 0 aromatic heterocycles. The molecule has 1 saturated carbocycles. The Bertz CT molecular complexity index is 245. The number of carbonyl (C=O) groups is 1. The second-order valence-corrected chi connectivity index (χ2v) is 4.40. The van der Waals surface area contributed by atoms with Crippen LogP contribution in [0.3, 0.4) is 0 Å². The van der Waals surface area contributed by atoms with Crippen molar-refractivity contribution in [2.45, 2.75) is 32.7 Å². The Kier molecular flexibility index (Phi) is 2.98. The van der Waals surface area contributed by atoms with Gasteiger partial charge in [0.15, 0.2) is 0 Å². The van der Waals surface area contributed by atoms with Crippen molar-refractivity contribution in [3.63, 3.8) is 0 Å². The van der Waals surface area contributed by atoms with Crippen LogP contribution in [0.2, 0.25) is 0 Å². The number of hydrogen-bond acceptors (Lipinski definition) is 2. The van der Waals surface area contributed by atoms with E-state index in [-0.39, 0.29) is 11.9 Å². The molecule has 1 aliphatic carbocycles. The van der Waals surface area contributed by atoms with Crippen LogP contribution in [0.1, 0.15) is 26.7 Å². The first kappa shape index (κ1) is 10.8. The third-order valence-corrected chi connectivity index (χ3v) is 2.33. The SMILES string of the molecule is CC(C)(CNC(=O)NC1CC1)C(=N)N. The Labute approximate surface area is 83.9 Å². The molecule has 5 N–H and O–H groups in total. The lowest BCUT2D eigenvalue weighted by atomic mass is 9.92. The molecule has 0 heterocycles. The quantitative estimate of drug-likeness (QED) is 0.389. The van der Waals surface area contributed by atoms with Gasteiger partial charge in [0.1, 0.15) is 0 Å². The fraction of sp³-hybridized carbons (Fsp3) is 0.778. The molecule has 0 aliphatic heterocycles.